The van der Waals surface area contributed by atoms with Gasteiger partial charge in [0.05, 0.1) is 29.7 Å². The van der Waals surface area contributed by atoms with Crippen molar-refractivity contribution in [3.63, 3.8) is 0 Å². The number of H-pyrrole nitrogens is 1. The summed E-state index contributed by atoms with van der Waals surface area (Å²) in [5.41, 5.74) is 2.17. The van der Waals surface area contributed by atoms with Gasteiger partial charge in [-0.3, -0.25) is 4.79 Å². The number of anilines is 1. The first-order valence-corrected chi connectivity index (χ1v) is 9.99. The number of nitrogens with zero attached hydrogens (tertiary/aromatic N) is 5. The van der Waals surface area contributed by atoms with Gasteiger partial charge in [-0.1, -0.05) is 41.1 Å². The third-order valence-electron chi connectivity index (χ3n) is 5.61. The van der Waals surface area contributed by atoms with Gasteiger partial charge in [-0.25, -0.2) is 18.6 Å². The molecule has 3 aromatic rings. The van der Waals surface area contributed by atoms with Crippen molar-refractivity contribution in [1.29, 1.82) is 0 Å². The largest absolute Gasteiger partial charge is 0.360 e. The van der Waals surface area contributed by atoms with Crippen LogP contribution in [-0.4, -0.2) is 31.7 Å². The highest BCUT2D eigenvalue weighted by Gasteiger charge is 2.34. The maximum Gasteiger partial charge on any atom is 0.285 e. The van der Waals surface area contributed by atoms with Gasteiger partial charge in [-0.05, 0) is 19.4 Å². The average molecular weight is 435 g/mol. The summed E-state index contributed by atoms with van der Waals surface area (Å²) in [6.45, 7) is 5.24. The molecule has 30 heavy (non-hydrogen) atoms. The fourth-order valence-electron chi connectivity index (χ4n) is 4.07. The molecule has 0 radical (unpaired) electrons. The number of fused-ring (bicyclic) bond motifs is 1. The minimum atomic E-state index is -2.96. The van der Waals surface area contributed by atoms with E-state index in [4.69, 9.17) is 11.6 Å². The van der Waals surface area contributed by atoms with Crippen molar-refractivity contribution in [3.05, 3.63) is 68.4 Å². The topological polar surface area (TPSA) is 79.7 Å². The van der Waals surface area contributed by atoms with E-state index in [0.717, 1.165) is 18.3 Å². The highest BCUT2D eigenvalue weighted by molar-refractivity contribution is 6.33. The Hall–Kier alpha value is -2.81. The molecule has 1 N–H and O–H groups in total. The monoisotopic (exact) mass is 434 g/mol. The zero-order valence-corrected chi connectivity index (χ0v) is 17.5. The summed E-state index contributed by atoms with van der Waals surface area (Å²) in [5.74, 6) is -2.96. The fraction of sp³-hybridized carbons (Fsp3) is 0.400. The lowest BCUT2D eigenvalue weighted by atomic mass is 9.96. The molecular weight excluding hydrogens is 414 g/mol. The van der Waals surface area contributed by atoms with Gasteiger partial charge in [0.25, 0.3) is 11.5 Å². The van der Waals surface area contributed by atoms with E-state index >= 15 is 0 Å². The summed E-state index contributed by atoms with van der Waals surface area (Å²) in [6.07, 6.45) is 2.09. The fourth-order valence-corrected chi connectivity index (χ4v) is 4.27. The molecule has 0 aliphatic carbocycles. The van der Waals surface area contributed by atoms with Crippen LogP contribution in [0.1, 0.15) is 55.4 Å². The maximum atomic E-state index is 14.1. The number of hydrogen-bond acceptors (Lipinski definition) is 5. The van der Waals surface area contributed by atoms with Crippen LogP contribution in [0.5, 0.6) is 0 Å². The lowest BCUT2D eigenvalue weighted by Gasteiger charge is -2.35. The Labute approximate surface area is 176 Å². The van der Waals surface area contributed by atoms with Gasteiger partial charge in [-0.15, -0.1) is 5.10 Å². The Kier molecular flexibility index (Phi) is 5.09. The molecule has 0 spiro atoms. The van der Waals surface area contributed by atoms with Crippen molar-refractivity contribution < 1.29 is 8.78 Å². The standard InChI is InChI=1S/C20H21ClF2N6O/c1-11(13-6-4-5-7-14(13)20(3,22)23)29-15-8-9-28(12(2)18(15)25-27-29)16-10-24-26-19(30)17(16)21/h4-7,10-12H,8-9H2,1-3H3,(H,26,30)/t11-,12-/m0/s1. The number of alkyl halides is 2. The Bertz CT molecular complexity index is 1140. The Morgan fingerprint density at radius 2 is 2.07 bits per heavy atom. The molecule has 0 bridgehead atoms. The number of rotatable bonds is 4. The highest BCUT2D eigenvalue weighted by Crippen LogP contribution is 2.37. The summed E-state index contributed by atoms with van der Waals surface area (Å²) in [5, 5.41) is 14.9. The van der Waals surface area contributed by atoms with Crippen LogP contribution in [0.2, 0.25) is 5.02 Å². The van der Waals surface area contributed by atoms with Gasteiger partial charge in [0.1, 0.15) is 10.7 Å². The summed E-state index contributed by atoms with van der Waals surface area (Å²) in [4.78, 5) is 13.8. The van der Waals surface area contributed by atoms with Gasteiger partial charge < -0.3 is 4.90 Å². The van der Waals surface area contributed by atoms with Crippen molar-refractivity contribution in [2.75, 3.05) is 11.4 Å². The van der Waals surface area contributed by atoms with Crippen LogP contribution in [0.15, 0.2) is 35.3 Å². The molecule has 0 saturated heterocycles. The zero-order chi connectivity index (χ0) is 21.6. The molecule has 0 unspecified atom stereocenters. The summed E-state index contributed by atoms with van der Waals surface area (Å²) in [6, 6.07) is 5.88. The lowest BCUT2D eigenvalue weighted by Crippen LogP contribution is -2.36. The van der Waals surface area contributed by atoms with Crippen LogP contribution >= 0.6 is 11.6 Å². The number of benzene rings is 1. The van der Waals surface area contributed by atoms with Crippen molar-refractivity contribution in [1.82, 2.24) is 25.2 Å². The van der Waals surface area contributed by atoms with E-state index in [-0.39, 0.29) is 16.6 Å². The van der Waals surface area contributed by atoms with Crippen LogP contribution < -0.4 is 10.5 Å². The molecule has 158 valence electrons. The molecule has 4 rings (SSSR count). The Morgan fingerprint density at radius 1 is 1.33 bits per heavy atom. The van der Waals surface area contributed by atoms with Crippen LogP contribution in [0, 0.1) is 0 Å². The van der Waals surface area contributed by atoms with Gasteiger partial charge in [0, 0.05) is 25.5 Å². The van der Waals surface area contributed by atoms with E-state index in [1.54, 1.807) is 22.9 Å². The van der Waals surface area contributed by atoms with Crippen molar-refractivity contribution in [2.24, 2.45) is 0 Å². The molecule has 0 amide bonds. The number of hydrogen-bond donors (Lipinski definition) is 1. The molecule has 0 fully saturated rings. The predicted molar refractivity (Wildman–Crippen MR) is 109 cm³/mol. The Balaban J connectivity index is 1.71. The molecule has 1 aromatic carbocycles. The minimum absolute atomic E-state index is 0.0198. The normalized spacial score (nSPS) is 17.7. The van der Waals surface area contributed by atoms with Gasteiger partial charge in [-0.2, -0.15) is 5.10 Å². The molecule has 7 nitrogen and oxygen atoms in total. The second kappa shape index (κ2) is 7.46. The third-order valence-corrected chi connectivity index (χ3v) is 5.98. The molecule has 10 heteroatoms. The number of aromatic amines is 1. The van der Waals surface area contributed by atoms with Crippen LogP contribution in [0.3, 0.4) is 0 Å². The summed E-state index contributed by atoms with van der Waals surface area (Å²) < 4.78 is 30.0. The molecule has 1 aliphatic rings. The van der Waals surface area contributed by atoms with Gasteiger partial charge in [0.15, 0.2) is 0 Å². The molecule has 3 heterocycles. The zero-order valence-electron chi connectivity index (χ0n) is 16.7. The summed E-state index contributed by atoms with van der Waals surface area (Å²) >= 11 is 6.18. The van der Waals surface area contributed by atoms with E-state index < -0.39 is 17.5 Å². The first-order valence-electron chi connectivity index (χ1n) is 9.61. The molecule has 1 aliphatic heterocycles. The van der Waals surface area contributed by atoms with Crippen molar-refractivity contribution in [3.8, 4) is 0 Å². The molecule has 2 atom stereocenters. The smallest absolute Gasteiger partial charge is 0.285 e. The quantitative estimate of drug-likeness (QED) is 0.674. The van der Waals surface area contributed by atoms with Gasteiger partial charge in [0.2, 0.25) is 0 Å². The van der Waals surface area contributed by atoms with E-state index in [1.807, 2.05) is 18.7 Å². The highest BCUT2D eigenvalue weighted by atomic mass is 35.5. The number of aromatic nitrogens is 5. The number of halogens is 3. The number of nitrogens with one attached hydrogen (secondary N) is 1. The summed E-state index contributed by atoms with van der Waals surface area (Å²) in [7, 11) is 0. The average Bonchev–Trinajstić information content (AvgIpc) is 3.14. The van der Waals surface area contributed by atoms with Crippen molar-refractivity contribution >= 4 is 17.3 Å². The second-order valence-corrected chi connectivity index (χ2v) is 7.91. The molecule has 2 aromatic heterocycles. The minimum Gasteiger partial charge on any atom is -0.360 e. The Morgan fingerprint density at radius 3 is 2.80 bits per heavy atom. The second-order valence-electron chi connectivity index (χ2n) is 7.54. The van der Waals surface area contributed by atoms with Gasteiger partial charge >= 0.3 is 0 Å². The van der Waals surface area contributed by atoms with Crippen LogP contribution in [-0.2, 0) is 12.3 Å². The first kappa shape index (κ1) is 20.5. The van der Waals surface area contributed by atoms with E-state index in [2.05, 4.69) is 20.5 Å². The molecule has 0 saturated carbocycles. The SMILES string of the molecule is C[C@H]1c2nnn([C@@H](C)c3ccccc3C(C)(F)F)c2CCN1c1cn[nH]c(=O)c1Cl. The van der Waals surface area contributed by atoms with E-state index in [9.17, 15) is 13.6 Å². The first-order chi connectivity index (χ1) is 14.2. The van der Waals surface area contributed by atoms with E-state index in [1.165, 1.54) is 12.3 Å². The van der Waals surface area contributed by atoms with E-state index in [0.29, 0.717) is 24.2 Å². The lowest BCUT2D eigenvalue weighted by molar-refractivity contribution is 0.0160. The van der Waals surface area contributed by atoms with Crippen LogP contribution in [0.25, 0.3) is 0 Å². The third kappa shape index (κ3) is 3.36. The predicted octanol–water partition coefficient (Wildman–Crippen LogP) is 3.86. The van der Waals surface area contributed by atoms with Crippen LogP contribution in [0.4, 0.5) is 14.5 Å². The molecular formula is C20H21ClF2N6O. The van der Waals surface area contributed by atoms with Crippen molar-refractivity contribution in [2.45, 2.75) is 45.2 Å². The maximum absolute atomic E-state index is 14.1.